The molecule has 0 bridgehead atoms. The first-order valence-electron chi connectivity index (χ1n) is 10.5. The van der Waals surface area contributed by atoms with Crippen molar-refractivity contribution in [2.75, 3.05) is 13.1 Å². The maximum absolute atomic E-state index is 13.5. The van der Waals surface area contributed by atoms with Crippen LogP contribution in [0.25, 0.3) is 0 Å². The zero-order chi connectivity index (χ0) is 19.0. The van der Waals surface area contributed by atoms with Crippen LogP contribution < -0.4 is 5.73 Å². The van der Waals surface area contributed by atoms with E-state index in [1.54, 1.807) is 0 Å². The molecule has 5 atom stereocenters. The monoisotopic (exact) mass is 369 g/mol. The molecule has 2 saturated heterocycles. The van der Waals surface area contributed by atoms with Crippen molar-refractivity contribution in [3.05, 3.63) is 35.9 Å². The van der Waals surface area contributed by atoms with Crippen LogP contribution in [0.15, 0.2) is 30.3 Å². The number of likely N-dealkylation sites (tertiary alicyclic amines) is 2. The first-order valence-corrected chi connectivity index (χ1v) is 10.5. The Morgan fingerprint density at radius 2 is 1.85 bits per heavy atom. The Morgan fingerprint density at radius 1 is 1.11 bits per heavy atom. The smallest absolute Gasteiger partial charge is 0.254 e. The van der Waals surface area contributed by atoms with Crippen LogP contribution in [-0.4, -0.2) is 52.8 Å². The topological polar surface area (TPSA) is 66.6 Å². The molecule has 0 spiro atoms. The summed E-state index contributed by atoms with van der Waals surface area (Å²) in [4.78, 5) is 30.8. The highest BCUT2D eigenvalue weighted by Crippen LogP contribution is 2.41. The lowest BCUT2D eigenvalue weighted by atomic mass is 9.84. The second-order valence-electron chi connectivity index (χ2n) is 8.62. The van der Waals surface area contributed by atoms with E-state index in [2.05, 4.69) is 6.92 Å². The van der Waals surface area contributed by atoms with Crippen LogP contribution in [-0.2, 0) is 4.79 Å². The molecule has 5 heteroatoms. The van der Waals surface area contributed by atoms with Crippen molar-refractivity contribution in [3.63, 3.8) is 0 Å². The van der Waals surface area contributed by atoms with Gasteiger partial charge in [-0.15, -0.1) is 0 Å². The zero-order valence-corrected chi connectivity index (χ0v) is 16.2. The zero-order valence-electron chi connectivity index (χ0n) is 16.2. The molecule has 4 rings (SSSR count). The second kappa shape index (κ2) is 7.63. The summed E-state index contributed by atoms with van der Waals surface area (Å²) < 4.78 is 0. The summed E-state index contributed by atoms with van der Waals surface area (Å²) in [6.07, 6.45) is 6.30. The van der Waals surface area contributed by atoms with Gasteiger partial charge >= 0.3 is 0 Å². The number of fused-ring (bicyclic) bond motifs is 1. The van der Waals surface area contributed by atoms with Crippen LogP contribution in [0.3, 0.4) is 0 Å². The minimum Gasteiger partial charge on any atom is -0.338 e. The van der Waals surface area contributed by atoms with Gasteiger partial charge in [0.15, 0.2) is 0 Å². The number of nitrogens with zero attached hydrogens (tertiary/aromatic N) is 2. The average Bonchev–Trinajstić information content (AvgIpc) is 3.28. The number of rotatable bonds is 3. The van der Waals surface area contributed by atoms with Crippen molar-refractivity contribution < 1.29 is 9.59 Å². The molecule has 27 heavy (non-hydrogen) atoms. The molecule has 0 radical (unpaired) electrons. The lowest BCUT2D eigenvalue weighted by molar-refractivity contribution is -0.136. The summed E-state index contributed by atoms with van der Waals surface area (Å²) in [5.41, 5.74) is 6.55. The van der Waals surface area contributed by atoms with Crippen LogP contribution in [0.4, 0.5) is 0 Å². The molecule has 0 aromatic heterocycles. The standard InChI is InChI=1S/C22H31N3O2/c1-15-11-16(13-23)14-24(15)22(27)20-12-18-9-5-6-10-19(18)25(20)21(26)17-7-3-2-4-8-17/h2-4,7-8,15-16,18-20H,5-6,9-14,23H2,1H3. The van der Waals surface area contributed by atoms with Crippen molar-refractivity contribution in [3.8, 4) is 0 Å². The van der Waals surface area contributed by atoms with E-state index in [-0.39, 0.29) is 29.9 Å². The predicted molar refractivity (Wildman–Crippen MR) is 105 cm³/mol. The number of nitrogens with two attached hydrogens (primary N) is 1. The molecule has 146 valence electrons. The molecule has 1 aliphatic carbocycles. The van der Waals surface area contributed by atoms with Crippen LogP contribution in [0.2, 0.25) is 0 Å². The Morgan fingerprint density at radius 3 is 2.56 bits per heavy atom. The minimum absolute atomic E-state index is 0.0191. The maximum atomic E-state index is 13.5. The highest BCUT2D eigenvalue weighted by atomic mass is 16.2. The summed E-state index contributed by atoms with van der Waals surface area (Å²) in [7, 11) is 0. The van der Waals surface area contributed by atoms with Gasteiger partial charge in [0.25, 0.3) is 5.91 Å². The second-order valence-corrected chi connectivity index (χ2v) is 8.62. The third kappa shape index (κ3) is 3.38. The molecule has 2 aliphatic heterocycles. The Bertz CT molecular complexity index is 692. The highest BCUT2D eigenvalue weighted by molar-refractivity contribution is 5.98. The molecule has 1 aromatic carbocycles. The van der Waals surface area contributed by atoms with Gasteiger partial charge in [0.05, 0.1) is 0 Å². The first kappa shape index (κ1) is 18.5. The van der Waals surface area contributed by atoms with Gasteiger partial charge in [-0.1, -0.05) is 31.0 Å². The predicted octanol–water partition coefficient (Wildman–Crippen LogP) is 2.66. The van der Waals surface area contributed by atoms with Crippen molar-refractivity contribution >= 4 is 11.8 Å². The lowest BCUT2D eigenvalue weighted by Gasteiger charge is -2.35. The Labute approximate surface area is 161 Å². The summed E-state index contributed by atoms with van der Waals surface area (Å²) >= 11 is 0. The van der Waals surface area contributed by atoms with Gasteiger partial charge in [0, 0.05) is 24.2 Å². The Kier molecular flexibility index (Phi) is 5.22. The van der Waals surface area contributed by atoms with Gasteiger partial charge < -0.3 is 15.5 Å². The molecule has 2 N–H and O–H groups in total. The summed E-state index contributed by atoms with van der Waals surface area (Å²) in [6.45, 7) is 3.46. The van der Waals surface area contributed by atoms with E-state index in [1.165, 1.54) is 6.42 Å². The molecule has 3 fully saturated rings. The Balaban J connectivity index is 1.61. The average molecular weight is 370 g/mol. The van der Waals surface area contributed by atoms with Gasteiger partial charge in [0.2, 0.25) is 5.91 Å². The van der Waals surface area contributed by atoms with E-state index >= 15 is 0 Å². The van der Waals surface area contributed by atoms with E-state index in [1.807, 2.05) is 40.1 Å². The van der Waals surface area contributed by atoms with E-state index in [0.717, 1.165) is 38.6 Å². The first-order chi connectivity index (χ1) is 13.1. The van der Waals surface area contributed by atoms with Gasteiger partial charge in [-0.3, -0.25) is 9.59 Å². The fourth-order valence-corrected chi connectivity index (χ4v) is 5.51. The third-order valence-corrected chi connectivity index (χ3v) is 6.91. The minimum atomic E-state index is -0.315. The number of hydrogen-bond donors (Lipinski definition) is 1. The van der Waals surface area contributed by atoms with Gasteiger partial charge in [-0.25, -0.2) is 0 Å². The third-order valence-electron chi connectivity index (χ3n) is 6.91. The molecule has 3 aliphatic rings. The van der Waals surface area contributed by atoms with E-state index in [4.69, 9.17) is 5.73 Å². The quantitative estimate of drug-likeness (QED) is 0.891. The maximum Gasteiger partial charge on any atom is 0.254 e. The van der Waals surface area contributed by atoms with Crippen molar-refractivity contribution in [2.24, 2.45) is 17.6 Å². The number of benzene rings is 1. The SMILES string of the molecule is CC1CC(CN)CN1C(=O)C1CC2CCCCC2N1C(=O)c1ccccc1. The van der Waals surface area contributed by atoms with E-state index in [9.17, 15) is 9.59 Å². The lowest BCUT2D eigenvalue weighted by Crippen LogP contribution is -2.51. The van der Waals surface area contributed by atoms with Crippen LogP contribution >= 0.6 is 0 Å². The molecule has 1 aromatic rings. The Hall–Kier alpha value is -1.88. The largest absolute Gasteiger partial charge is 0.338 e. The number of hydrogen-bond acceptors (Lipinski definition) is 3. The van der Waals surface area contributed by atoms with E-state index in [0.29, 0.717) is 23.9 Å². The van der Waals surface area contributed by atoms with Gasteiger partial charge in [0.1, 0.15) is 6.04 Å². The molecule has 5 nitrogen and oxygen atoms in total. The van der Waals surface area contributed by atoms with Crippen LogP contribution in [0, 0.1) is 11.8 Å². The molecular formula is C22H31N3O2. The fourth-order valence-electron chi connectivity index (χ4n) is 5.51. The van der Waals surface area contributed by atoms with Crippen LogP contribution in [0.1, 0.15) is 55.8 Å². The number of amides is 2. The molecular weight excluding hydrogens is 338 g/mol. The molecule has 1 saturated carbocycles. The van der Waals surface area contributed by atoms with Crippen molar-refractivity contribution in [1.82, 2.24) is 9.80 Å². The highest BCUT2D eigenvalue weighted by Gasteiger charge is 2.49. The van der Waals surface area contributed by atoms with E-state index < -0.39 is 0 Å². The van der Waals surface area contributed by atoms with Crippen molar-refractivity contribution in [1.29, 1.82) is 0 Å². The summed E-state index contributed by atoms with van der Waals surface area (Å²) in [6, 6.07) is 9.55. The summed E-state index contributed by atoms with van der Waals surface area (Å²) in [5, 5.41) is 0. The van der Waals surface area contributed by atoms with Crippen LogP contribution in [0.5, 0.6) is 0 Å². The molecule has 2 heterocycles. The van der Waals surface area contributed by atoms with Gasteiger partial charge in [-0.05, 0) is 63.1 Å². The number of carbonyl (C=O) groups is 2. The molecule has 2 amide bonds. The molecule has 5 unspecified atom stereocenters. The normalized spacial score (nSPS) is 33.2. The van der Waals surface area contributed by atoms with Crippen molar-refractivity contribution in [2.45, 2.75) is 63.6 Å². The fraction of sp³-hybridized carbons (Fsp3) is 0.636. The van der Waals surface area contributed by atoms with Gasteiger partial charge in [-0.2, -0.15) is 0 Å². The number of carbonyl (C=O) groups excluding carboxylic acids is 2. The summed E-state index contributed by atoms with van der Waals surface area (Å²) in [5.74, 6) is 0.997.